The molecule has 0 aliphatic carbocycles. The van der Waals surface area contributed by atoms with Crippen LogP contribution < -0.4 is 14.4 Å². The van der Waals surface area contributed by atoms with E-state index in [1.807, 2.05) is 0 Å². The van der Waals surface area contributed by atoms with E-state index >= 15 is 0 Å². The van der Waals surface area contributed by atoms with Gasteiger partial charge in [-0.05, 0) is 42.0 Å². The third kappa shape index (κ3) is 4.50. The van der Waals surface area contributed by atoms with Gasteiger partial charge in [-0.3, -0.25) is 19.3 Å². The number of hydrogen-bond donors (Lipinski definition) is 2. The SMILES string of the molecule is COc1ccc(/C(O)=C2\C(=O)C(=O)N(c3ccc(CC(=O)O)cc3)C2c2ccccc2OC)cc1Cl. The van der Waals surface area contributed by atoms with E-state index in [9.17, 15) is 19.5 Å². The summed E-state index contributed by atoms with van der Waals surface area (Å²) in [5, 5.41) is 20.6. The molecule has 1 fully saturated rings. The minimum Gasteiger partial charge on any atom is -0.507 e. The molecule has 0 bridgehead atoms. The number of Topliss-reactive ketones (excluding diaryl/α,β-unsaturated/α-hetero) is 1. The van der Waals surface area contributed by atoms with Crippen LogP contribution in [-0.2, 0) is 20.8 Å². The van der Waals surface area contributed by atoms with E-state index in [0.29, 0.717) is 28.3 Å². The molecule has 3 aromatic rings. The lowest BCUT2D eigenvalue weighted by atomic mass is 9.94. The van der Waals surface area contributed by atoms with Gasteiger partial charge in [-0.25, -0.2) is 0 Å². The molecule has 1 heterocycles. The fourth-order valence-electron chi connectivity index (χ4n) is 4.20. The second-order valence-corrected chi connectivity index (χ2v) is 8.40. The summed E-state index contributed by atoms with van der Waals surface area (Å²) in [5.74, 6) is -2.33. The van der Waals surface area contributed by atoms with Crippen LogP contribution in [0, 0.1) is 0 Å². The van der Waals surface area contributed by atoms with Crippen molar-refractivity contribution in [1.29, 1.82) is 0 Å². The first-order chi connectivity index (χ1) is 17.3. The standard InChI is InChI=1S/C27H22ClNO7/c1-35-20-6-4-3-5-18(20)24-23(25(32)16-9-12-21(36-2)19(28)14-16)26(33)27(34)29(24)17-10-7-15(8-11-17)13-22(30)31/h3-12,14,24,32H,13H2,1-2H3,(H,30,31)/b25-23+. The summed E-state index contributed by atoms with van der Waals surface area (Å²) in [5.41, 5.74) is 1.46. The molecule has 4 rings (SSSR count). The minimum atomic E-state index is -1.02. The normalized spacial score (nSPS) is 16.8. The second kappa shape index (κ2) is 10.1. The minimum absolute atomic E-state index is 0.139. The van der Waals surface area contributed by atoms with Crippen LogP contribution in [0.25, 0.3) is 5.76 Å². The Labute approximate surface area is 211 Å². The van der Waals surface area contributed by atoms with Crippen LogP contribution in [0.2, 0.25) is 5.02 Å². The highest BCUT2D eigenvalue weighted by molar-refractivity contribution is 6.51. The van der Waals surface area contributed by atoms with Gasteiger partial charge in [-0.1, -0.05) is 41.9 Å². The molecule has 8 nitrogen and oxygen atoms in total. The van der Waals surface area contributed by atoms with Gasteiger partial charge in [0.2, 0.25) is 0 Å². The van der Waals surface area contributed by atoms with Gasteiger partial charge in [0.15, 0.2) is 0 Å². The number of aliphatic hydroxyl groups is 1. The first-order valence-electron chi connectivity index (χ1n) is 10.8. The smallest absolute Gasteiger partial charge is 0.307 e. The maximum absolute atomic E-state index is 13.3. The van der Waals surface area contributed by atoms with Gasteiger partial charge in [0.1, 0.15) is 17.3 Å². The molecule has 0 spiro atoms. The van der Waals surface area contributed by atoms with Crippen LogP contribution >= 0.6 is 11.6 Å². The van der Waals surface area contributed by atoms with Crippen LogP contribution in [0.1, 0.15) is 22.7 Å². The first kappa shape index (κ1) is 24.8. The van der Waals surface area contributed by atoms with Crippen LogP contribution in [-0.4, -0.2) is 42.1 Å². The largest absolute Gasteiger partial charge is 0.507 e. The molecule has 36 heavy (non-hydrogen) atoms. The number of ether oxygens (including phenoxy) is 2. The molecule has 0 radical (unpaired) electrons. The molecule has 1 amide bonds. The predicted octanol–water partition coefficient (Wildman–Crippen LogP) is 4.61. The summed E-state index contributed by atoms with van der Waals surface area (Å²) >= 11 is 6.24. The van der Waals surface area contributed by atoms with Gasteiger partial charge in [0.25, 0.3) is 11.7 Å². The number of aliphatic carboxylic acids is 1. The summed E-state index contributed by atoms with van der Waals surface area (Å²) < 4.78 is 10.7. The average molecular weight is 508 g/mol. The summed E-state index contributed by atoms with van der Waals surface area (Å²) in [6, 6.07) is 16.7. The van der Waals surface area contributed by atoms with Crippen molar-refractivity contribution in [3.8, 4) is 11.5 Å². The van der Waals surface area contributed by atoms with E-state index in [2.05, 4.69) is 0 Å². The molecular formula is C27H22ClNO7. The molecule has 1 aliphatic heterocycles. The van der Waals surface area contributed by atoms with E-state index in [-0.39, 0.29) is 22.6 Å². The van der Waals surface area contributed by atoms with E-state index in [0.717, 1.165) is 0 Å². The van der Waals surface area contributed by atoms with Gasteiger partial charge in [-0.2, -0.15) is 0 Å². The van der Waals surface area contributed by atoms with Crippen molar-refractivity contribution in [3.05, 3.63) is 94.0 Å². The Balaban J connectivity index is 1.92. The first-order valence-corrected chi connectivity index (χ1v) is 11.2. The molecule has 1 saturated heterocycles. The number of amides is 1. The Morgan fingerprint density at radius 1 is 0.944 bits per heavy atom. The second-order valence-electron chi connectivity index (χ2n) is 8.00. The Kier molecular flexibility index (Phi) is 6.98. The van der Waals surface area contributed by atoms with Crippen molar-refractivity contribution < 1.29 is 34.1 Å². The lowest BCUT2D eigenvalue weighted by Gasteiger charge is -2.26. The van der Waals surface area contributed by atoms with Crippen molar-refractivity contribution in [2.75, 3.05) is 19.1 Å². The van der Waals surface area contributed by atoms with Crippen molar-refractivity contribution in [2.24, 2.45) is 0 Å². The third-order valence-electron chi connectivity index (χ3n) is 5.87. The van der Waals surface area contributed by atoms with Crippen LogP contribution in [0.5, 0.6) is 11.5 Å². The third-order valence-corrected chi connectivity index (χ3v) is 6.17. The van der Waals surface area contributed by atoms with Crippen LogP contribution in [0.3, 0.4) is 0 Å². The zero-order chi connectivity index (χ0) is 26.0. The lowest BCUT2D eigenvalue weighted by molar-refractivity contribution is -0.136. The Morgan fingerprint density at radius 2 is 1.61 bits per heavy atom. The number of carboxylic acid groups (broad SMARTS) is 1. The number of aliphatic hydroxyl groups excluding tert-OH is 1. The number of nitrogens with zero attached hydrogens (tertiary/aromatic N) is 1. The molecule has 0 saturated carbocycles. The average Bonchev–Trinajstić information content (AvgIpc) is 3.13. The number of methoxy groups -OCH3 is 2. The fourth-order valence-corrected chi connectivity index (χ4v) is 4.46. The van der Waals surface area contributed by atoms with E-state index < -0.39 is 29.5 Å². The number of carbonyl (C=O) groups excluding carboxylic acids is 2. The summed E-state index contributed by atoms with van der Waals surface area (Å²) in [6.45, 7) is 0. The van der Waals surface area contributed by atoms with Crippen molar-refractivity contribution >= 4 is 40.7 Å². The highest BCUT2D eigenvalue weighted by atomic mass is 35.5. The lowest BCUT2D eigenvalue weighted by Crippen LogP contribution is -2.29. The van der Waals surface area contributed by atoms with Gasteiger partial charge < -0.3 is 19.7 Å². The fraction of sp³-hybridized carbons (Fsp3) is 0.148. The highest BCUT2D eigenvalue weighted by Crippen LogP contribution is 2.45. The molecule has 1 atom stereocenters. The molecule has 3 aromatic carbocycles. The molecule has 1 unspecified atom stereocenters. The van der Waals surface area contributed by atoms with E-state index in [1.165, 1.54) is 31.3 Å². The molecule has 9 heteroatoms. The van der Waals surface area contributed by atoms with Crippen molar-refractivity contribution in [2.45, 2.75) is 12.5 Å². The zero-order valence-corrected chi connectivity index (χ0v) is 20.2. The number of ketones is 1. The van der Waals surface area contributed by atoms with Gasteiger partial charge in [0.05, 0.1) is 37.3 Å². The molecule has 2 N–H and O–H groups in total. The molecule has 1 aliphatic rings. The highest BCUT2D eigenvalue weighted by Gasteiger charge is 2.48. The number of benzene rings is 3. The van der Waals surface area contributed by atoms with Gasteiger partial charge >= 0.3 is 5.97 Å². The Morgan fingerprint density at radius 3 is 2.22 bits per heavy atom. The van der Waals surface area contributed by atoms with E-state index in [1.54, 1.807) is 54.6 Å². The number of anilines is 1. The quantitative estimate of drug-likeness (QED) is 0.273. The number of carbonyl (C=O) groups is 3. The maximum atomic E-state index is 13.3. The zero-order valence-electron chi connectivity index (χ0n) is 19.4. The van der Waals surface area contributed by atoms with Crippen LogP contribution in [0.4, 0.5) is 5.69 Å². The molecule has 0 aromatic heterocycles. The number of para-hydroxylation sites is 1. The monoisotopic (exact) mass is 507 g/mol. The Bertz CT molecular complexity index is 1380. The molecule has 184 valence electrons. The number of rotatable bonds is 7. The predicted molar refractivity (Wildman–Crippen MR) is 134 cm³/mol. The molecular weight excluding hydrogens is 486 g/mol. The topological polar surface area (TPSA) is 113 Å². The van der Waals surface area contributed by atoms with Crippen molar-refractivity contribution in [3.63, 3.8) is 0 Å². The summed E-state index contributed by atoms with van der Waals surface area (Å²) in [7, 11) is 2.92. The maximum Gasteiger partial charge on any atom is 0.307 e. The number of hydrogen-bond acceptors (Lipinski definition) is 6. The van der Waals surface area contributed by atoms with Gasteiger partial charge in [0, 0.05) is 16.8 Å². The number of carboxylic acids is 1. The Hall–Kier alpha value is -4.30. The number of halogens is 1. The summed E-state index contributed by atoms with van der Waals surface area (Å²) in [4.78, 5) is 39.0. The van der Waals surface area contributed by atoms with Gasteiger partial charge in [-0.15, -0.1) is 0 Å². The van der Waals surface area contributed by atoms with Crippen LogP contribution in [0.15, 0.2) is 72.3 Å². The summed E-state index contributed by atoms with van der Waals surface area (Å²) in [6.07, 6.45) is -0.187. The van der Waals surface area contributed by atoms with Crippen molar-refractivity contribution in [1.82, 2.24) is 0 Å². The van der Waals surface area contributed by atoms with E-state index in [4.69, 9.17) is 26.2 Å².